The third-order valence-corrected chi connectivity index (χ3v) is 3.21. The number of ether oxygens (including phenoxy) is 1. The molecule has 0 aliphatic rings. The number of aromatic nitrogens is 1. The number of hydrogen-bond acceptors (Lipinski definition) is 4. The SMILES string of the molecule is Cc1cc(Oc2ncc(N)cc2C#N)cc(C)c1Cl. The molecule has 0 aliphatic heterocycles. The monoisotopic (exact) mass is 273 g/mol. The Kier molecular flexibility index (Phi) is 3.59. The van der Waals surface area contributed by atoms with Crippen LogP contribution in [0.15, 0.2) is 24.4 Å². The molecule has 1 aromatic heterocycles. The number of anilines is 1. The maximum Gasteiger partial charge on any atom is 0.237 e. The maximum absolute atomic E-state index is 9.03. The Hall–Kier alpha value is -2.25. The molecule has 1 heterocycles. The number of pyridine rings is 1. The number of halogens is 1. The second-order valence-corrected chi connectivity index (χ2v) is 4.58. The zero-order valence-electron chi connectivity index (χ0n) is 10.6. The van der Waals surface area contributed by atoms with Gasteiger partial charge in [-0.1, -0.05) is 11.6 Å². The number of nitrogens with two attached hydrogens (primary N) is 1. The first-order valence-corrected chi connectivity index (χ1v) is 5.99. The molecule has 0 bridgehead atoms. The Labute approximate surface area is 116 Å². The largest absolute Gasteiger partial charge is 0.438 e. The molecule has 0 unspecified atom stereocenters. The molecule has 4 nitrogen and oxygen atoms in total. The first-order chi connectivity index (χ1) is 9.01. The molecule has 0 radical (unpaired) electrons. The van der Waals surface area contributed by atoms with E-state index in [0.717, 1.165) is 11.1 Å². The van der Waals surface area contributed by atoms with Gasteiger partial charge in [-0.05, 0) is 43.2 Å². The van der Waals surface area contributed by atoms with Crippen LogP contribution in [-0.2, 0) is 0 Å². The van der Waals surface area contributed by atoms with E-state index in [1.54, 1.807) is 12.1 Å². The van der Waals surface area contributed by atoms with E-state index in [4.69, 9.17) is 27.3 Å². The van der Waals surface area contributed by atoms with E-state index in [9.17, 15) is 0 Å². The summed E-state index contributed by atoms with van der Waals surface area (Å²) in [6, 6.07) is 7.13. The van der Waals surface area contributed by atoms with Gasteiger partial charge in [-0.2, -0.15) is 5.26 Å². The smallest absolute Gasteiger partial charge is 0.237 e. The molecular weight excluding hydrogens is 262 g/mol. The van der Waals surface area contributed by atoms with Gasteiger partial charge in [0.15, 0.2) is 0 Å². The number of aryl methyl sites for hydroxylation is 2. The fourth-order valence-corrected chi connectivity index (χ4v) is 1.82. The van der Waals surface area contributed by atoms with E-state index < -0.39 is 0 Å². The average molecular weight is 274 g/mol. The van der Waals surface area contributed by atoms with Crippen molar-refractivity contribution in [3.63, 3.8) is 0 Å². The molecule has 2 N–H and O–H groups in total. The van der Waals surface area contributed by atoms with Crippen molar-refractivity contribution in [3.05, 3.63) is 46.1 Å². The topological polar surface area (TPSA) is 71.9 Å². The van der Waals surface area contributed by atoms with Crippen molar-refractivity contribution in [2.75, 3.05) is 5.73 Å². The fraction of sp³-hybridized carbons (Fsp3) is 0.143. The number of nitrogen functional groups attached to an aromatic ring is 1. The molecule has 2 rings (SSSR count). The quantitative estimate of drug-likeness (QED) is 0.907. The number of nitrogens with zero attached hydrogens (tertiary/aromatic N) is 2. The summed E-state index contributed by atoms with van der Waals surface area (Å²) < 4.78 is 5.62. The van der Waals surface area contributed by atoms with Gasteiger partial charge < -0.3 is 10.5 Å². The maximum atomic E-state index is 9.03. The summed E-state index contributed by atoms with van der Waals surface area (Å²) in [5.41, 5.74) is 8.11. The van der Waals surface area contributed by atoms with Crippen LogP contribution in [0.2, 0.25) is 5.02 Å². The van der Waals surface area contributed by atoms with Gasteiger partial charge in [-0.25, -0.2) is 4.98 Å². The lowest BCUT2D eigenvalue weighted by Crippen LogP contribution is -1.95. The highest BCUT2D eigenvalue weighted by atomic mass is 35.5. The highest BCUT2D eigenvalue weighted by Gasteiger charge is 2.09. The lowest BCUT2D eigenvalue weighted by atomic mass is 10.1. The van der Waals surface area contributed by atoms with Crippen molar-refractivity contribution in [1.82, 2.24) is 4.98 Å². The highest BCUT2D eigenvalue weighted by Crippen LogP contribution is 2.29. The molecule has 0 atom stereocenters. The standard InChI is InChI=1S/C14H12ClN3O/c1-8-3-12(4-9(2)13(8)15)19-14-10(6-16)5-11(17)7-18-14/h3-5,7H,17H2,1-2H3. The van der Waals surface area contributed by atoms with Crippen LogP contribution in [0.25, 0.3) is 0 Å². The lowest BCUT2D eigenvalue weighted by Gasteiger charge is -2.10. The molecule has 1 aromatic carbocycles. The van der Waals surface area contributed by atoms with Crippen LogP contribution >= 0.6 is 11.6 Å². The van der Waals surface area contributed by atoms with Crippen molar-refractivity contribution in [3.8, 4) is 17.7 Å². The summed E-state index contributed by atoms with van der Waals surface area (Å²) in [6.45, 7) is 3.79. The first-order valence-electron chi connectivity index (χ1n) is 5.61. The summed E-state index contributed by atoms with van der Waals surface area (Å²) in [5, 5.41) is 9.73. The van der Waals surface area contributed by atoms with Gasteiger partial charge in [0, 0.05) is 5.02 Å². The van der Waals surface area contributed by atoms with E-state index >= 15 is 0 Å². The zero-order chi connectivity index (χ0) is 14.0. The summed E-state index contributed by atoms with van der Waals surface area (Å²) in [5.74, 6) is 0.825. The zero-order valence-corrected chi connectivity index (χ0v) is 11.3. The highest BCUT2D eigenvalue weighted by molar-refractivity contribution is 6.32. The third-order valence-electron chi connectivity index (χ3n) is 2.62. The molecule has 0 amide bonds. The normalized spacial score (nSPS) is 10.0. The van der Waals surface area contributed by atoms with Gasteiger partial charge >= 0.3 is 0 Å². The molecular formula is C14H12ClN3O. The van der Waals surface area contributed by atoms with Crippen LogP contribution in [0.4, 0.5) is 5.69 Å². The molecule has 96 valence electrons. The molecule has 2 aromatic rings. The van der Waals surface area contributed by atoms with Crippen LogP contribution in [0, 0.1) is 25.2 Å². The van der Waals surface area contributed by atoms with Gasteiger partial charge in [0.05, 0.1) is 11.9 Å². The van der Waals surface area contributed by atoms with Crippen molar-refractivity contribution >= 4 is 17.3 Å². The Balaban J connectivity index is 2.40. The number of hydrogen-bond donors (Lipinski definition) is 1. The van der Waals surface area contributed by atoms with Gasteiger partial charge in [0.2, 0.25) is 5.88 Å². The van der Waals surface area contributed by atoms with Gasteiger partial charge in [-0.3, -0.25) is 0 Å². The van der Waals surface area contributed by atoms with E-state index in [1.165, 1.54) is 12.3 Å². The van der Waals surface area contributed by atoms with Crippen molar-refractivity contribution in [2.45, 2.75) is 13.8 Å². The predicted molar refractivity (Wildman–Crippen MR) is 74.4 cm³/mol. The fourth-order valence-electron chi connectivity index (χ4n) is 1.71. The number of benzene rings is 1. The summed E-state index contributed by atoms with van der Waals surface area (Å²) >= 11 is 6.09. The van der Waals surface area contributed by atoms with E-state index in [2.05, 4.69) is 4.98 Å². The Morgan fingerprint density at radius 1 is 1.26 bits per heavy atom. The van der Waals surface area contributed by atoms with Crippen molar-refractivity contribution in [1.29, 1.82) is 5.26 Å². The minimum Gasteiger partial charge on any atom is -0.438 e. The van der Waals surface area contributed by atoms with Crippen molar-refractivity contribution < 1.29 is 4.74 Å². The lowest BCUT2D eigenvalue weighted by molar-refractivity contribution is 0.461. The predicted octanol–water partition coefficient (Wildman–Crippen LogP) is 3.60. The summed E-state index contributed by atoms with van der Waals surface area (Å²) in [4.78, 5) is 4.02. The molecule has 0 spiro atoms. The van der Waals surface area contributed by atoms with E-state index in [1.807, 2.05) is 19.9 Å². The van der Waals surface area contributed by atoms with Crippen LogP contribution < -0.4 is 10.5 Å². The van der Waals surface area contributed by atoms with Gasteiger partial charge in [-0.15, -0.1) is 0 Å². The van der Waals surface area contributed by atoms with Gasteiger partial charge in [0.1, 0.15) is 17.4 Å². The van der Waals surface area contributed by atoms with Gasteiger partial charge in [0.25, 0.3) is 0 Å². The van der Waals surface area contributed by atoms with Crippen LogP contribution in [0.1, 0.15) is 16.7 Å². The Bertz CT molecular complexity index is 654. The van der Waals surface area contributed by atoms with Crippen LogP contribution in [0.5, 0.6) is 11.6 Å². The van der Waals surface area contributed by atoms with E-state index in [-0.39, 0.29) is 5.88 Å². The molecule has 0 aliphatic carbocycles. The number of nitriles is 1. The van der Waals surface area contributed by atoms with Crippen LogP contribution in [-0.4, -0.2) is 4.98 Å². The second-order valence-electron chi connectivity index (χ2n) is 4.21. The minimum atomic E-state index is 0.234. The first kappa shape index (κ1) is 13.2. The second kappa shape index (κ2) is 5.17. The minimum absolute atomic E-state index is 0.234. The molecule has 0 fully saturated rings. The number of rotatable bonds is 2. The molecule has 0 saturated heterocycles. The van der Waals surface area contributed by atoms with Crippen molar-refractivity contribution in [2.24, 2.45) is 0 Å². The Morgan fingerprint density at radius 2 is 1.89 bits per heavy atom. The summed E-state index contributed by atoms with van der Waals surface area (Å²) in [6.07, 6.45) is 1.45. The third kappa shape index (κ3) is 2.78. The van der Waals surface area contributed by atoms with Crippen LogP contribution in [0.3, 0.4) is 0 Å². The molecule has 0 saturated carbocycles. The molecule has 19 heavy (non-hydrogen) atoms. The molecule has 5 heteroatoms. The Morgan fingerprint density at radius 3 is 2.47 bits per heavy atom. The average Bonchev–Trinajstić information content (AvgIpc) is 2.38. The van der Waals surface area contributed by atoms with E-state index in [0.29, 0.717) is 22.0 Å². The summed E-state index contributed by atoms with van der Waals surface area (Å²) in [7, 11) is 0.